The largest absolute Gasteiger partial charge is 0.466 e. The summed E-state index contributed by atoms with van der Waals surface area (Å²) in [5.41, 5.74) is 0.909. The van der Waals surface area contributed by atoms with E-state index < -0.39 is 10.0 Å². The summed E-state index contributed by atoms with van der Waals surface area (Å²) in [5.74, 6) is 1.76. The molecule has 0 amide bonds. The summed E-state index contributed by atoms with van der Waals surface area (Å²) in [7, 11) is -3.24. The predicted molar refractivity (Wildman–Crippen MR) is 83.8 cm³/mol. The van der Waals surface area contributed by atoms with Crippen LogP contribution in [0.15, 0.2) is 10.5 Å². The second-order valence-electron chi connectivity index (χ2n) is 5.96. The minimum atomic E-state index is -3.24. The van der Waals surface area contributed by atoms with Gasteiger partial charge in [0.25, 0.3) is 0 Å². The fourth-order valence-corrected chi connectivity index (χ4v) is 3.85. The molecule has 0 bridgehead atoms. The molecule has 2 rings (SSSR count). The van der Waals surface area contributed by atoms with Crippen LogP contribution < -0.4 is 10.0 Å². The maximum atomic E-state index is 12.1. The van der Waals surface area contributed by atoms with Crippen LogP contribution in [-0.2, 0) is 10.0 Å². The van der Waals surface area contributed by atoms with Crippen LogP contribution in [0.1, 0.15) is 55.7 Å². The van der Waals surface area contributed by atoms with Gasteiger partial charge in [-0.25, -0.2) is 13.1 Å². The summed E-state index contributed by atoms with van der Waals surface area (Å²) in [4.78, 5) is 0. The van der Waals surface area contributed by atoms with Crippen LogP contribution >= 0.6 is 0 Å². The maximum Gasteiger partial charge on any atom is 0.212 e. The van der Waals surface area contributed by atoms with Gasteiger partial charge in [0.15, 0.2) is 0 Å². The van der Waals surface area contributed by atoms with Crippen LogP contribution in [0, 0.1) is 13.8 Å². The van der Waals surface area contributed by atoms with Gasteiger partial charge in [0.1, 0.15) is 11.5 Å². The summed E-state index contributed by atoms with van der Waals surface area (Å²) in [5, 5.41) is 3.39. The molecule has 0 aromatic carbocycles. The third-order valence-corrected chi connectivity index (χ3v) is 5.29. The SMILES string of the molecule is Cc1cc(C(C)NS(=O)(=O)CCCCNC2CC2)c(C)o1. The van der Waals surface area contributed by atoms with E-state index in [1.807, 2.05) is 26.8 Å². The number of hydrogen-bond acceptors (Lipinski definition) is 4. The first-order chi connectivity index (χ1) is 9.87. The summed E-state index contributed by atoms with van der Waals surface area (Å²) in [6, 6.07) is 2.33. The molecule has 120 valence electrons. The van der Waals surface area contributed by atoms with Crippen molar-refractivity contribution < 1.29 is 12.8 Å². The predicted octanol–water partition coefficient (Wildman–Crippen LogP) is 2.41. The Morgan fingerprint density at radius 3 is 2.62 bits per heavy atom. The number of aryl methyl sites for hydroxylation is 2. The third-order valence-electron chi connectivity index (χ3n) is 3.75. The fourth-order valence-electron chi connectivity index (χ4n) is 2.48. The Labute approximate surface area is 127 Å². The lowest BCUT2D eigenvalue weighted by atomic mass is 10.1. The number of furan rings is 1. The zero-order valence-corrected chi connectivity index (χ0v) is 13.9. The first kappa shape index (κ1) is 16.5. The lowest BCUT2D eigenvalue weighted by Gasteiger charge is -2.13. The number of rotatable bonds is 9. The first-order valence-electron chi connectivity index (χ1n) is 7.68. The Hall–Kier alpha value is -0.850. The molecule has 1 aliphatic carbocycles. The third kappa shape index (κ3) is 5.45. The van der Waals surface area contributed by atoms with Gasteiger partial charge < -0.3 is 9.73 Å². The zero-order chi connectivity index (χ0) is 15.5. The molecule has 1 aromatic rings. The lowest BCUT2D eigenvalue weighted by Crippen LogP contribution is -2.29. The molecule has 1 heterocycles. The highest BCUT2D eigenvalue weighted by molar-refractivity contribution is 7.89. The van der Waals surface area contributed by atoms with Gasteiger partial charge in [-0.1, -0.05) is 0 Å². The van der Waals surface area contributed by atoms with Gasteiger partial charge in [-0.2, -0.15) is 0 Å². The highest BCUT2D eigenvalue weighted by atomic mass is 32.2. The van der Waals surface area contributed by atoms with E-state index in [0.29, 0.717) is 12.5 Å². The Balaban J connectivity index is 1.75. The standard InChI is InChI=1S/C15H26N2O3S/c1-11-10-15(13(3)20-11)12(2)17-21(18,19)9-5-4-8-16-14-6-7-14/h10,12,14,16-17H,4-9H2,1-3H3. The molecule has 0 saturated heterocycles. The van der Waals surface area contributed by atoms with E-state index in [4.69, 9.17) is 4.42 Å². The second-order valence-corrected chi connectivity index (χ2v) is 7.84. The van der Waals surface area contributed by atoms with Crippen molar-refractivity contribution in [3.05, 3.63) is 23.2 Å². The summed E-state index contributed by atoms with van der Waals surface area (Å²) >= 11 is 0. The monoisotopic (exact) mass is 314 g/mol. The minimum absolute atomic E-state index is 0.180. The average Bonchev–Trinajstić information content (AvgIpc) is 3.12. The van der Waals surface area contributed by atoms with E-state index in [0.717, 1.165) is 30.0 Å². The molecule has 0 aliphatic heterocycles. The Morgan fingerprint density at radius 1 is 1.33 bits per heavy atom. The fraction of sp³-hybridized carbons (Fsp3) is 0.733. The van der Waals surface area contributed by atoms with Gasteiger partial charge in [-0.3, -0.25) is 0 Å². The highest BCUT2D eigenvalue weighted by Gasteiger charge is 2.21. The molecule has 1 unspecified atom stereocenters. The average molecular weight is 314 g/mol. The molecule has 1 fully saturated rings. The summed E-state index contributed by atoms with van der Waals surface area (Å²) < 4.78 is 32.3. The van der Waals surface area contributed by atoms with Crippen LogP contribution in [-0.4, -0.2) is 26.8 Å². The van der Waals surface area contributed by atoms with Gasteiger partial charge in [0.2, 0.25) is 10.0 Å². The van der Waals surface area contributed by atoms with E-state index in [1.54, 1.807) is 0 Å². The van der Waals surface area contributed by atoms with E-state index in [9.17, 15) is 8.42 Å². The Morgan fingerprint density at radius 2 is 2.05 bits per heavy atom. The molecular weight excluding hydrogens is 288 g/mol. The van der Waals surface area contributed by atoms with Crippen LogP contribution in [0.3, 0.4) is 0 Å². The molecule has 21 heavy (non-hydrogen) atoms. The minimum Gasteiger partial charge on any atom is -0.466 e. The molecular formula is C15H26N2O3S. The zero-order valence-electron chi connectivity index (χ0n) is 13.1. The quantitative estimate of drug-likeness (QED) is 0.687. The topological polar surface area (TPSA) is 71.3 Å². The molecule has 1 atom stereocenters. The molecule has 1 aromatic heterocycles. The van der Waals surface area contributed by atoms with Crippen molar-refractivity contribution in [2.24, 2.45) is 0 Å². The van der Waals surface area contributed by atoms with Crippen LogP contribution in [0.2, 0.25) is 0 Å². The number of sulfonamides is 1. The Bertz CT molecular complexity index is 561. The van der Waals surface area contributed by atoms with Crippen molar-refractivity contribution in [2.45, 2.75) is 58.5 Å². The normalized spacial score (nSPS) is 17.1. The van der Waals surface area contributed by atoms with E-state index >= 15 is 0 Å². The summed E-state index contributed by atoms with van der Waals surface area (Å²) in [6.07, 6.45) is 4.11. The number of unbranched alkanes of at least 4 members (excludes halogenated alkanes) is 1. The van der Waals surface area contributed by atoms with Crippen LogP contribution in [0.25, 0.3) is 0 Å². The van der Waals surface area contributed by atoms with Gasteiger partial charge in [-0.15, -0.1) is 0 Å². The highest BCUT2D eigenvalue weighted by Crippen LogP contribution is 2.22. The van der Waals surface area contributed by atoms with Crippen LogP contribution in [0.5, 0.6) is 0 Å². The van der Waals surface area contributed by atoms with E-state index in [1.165, 1.54) is 12.8 Å². The number of hydrogen-bond donors (Lipinski definition) is 2. The Kier molecular flexibility index (Phi) is 5.46. The molecule has 0 spiro atoms. The molecule has 1 saturated carbocycles. The van der Waals surface area contributed by atoms with Gasteiger partial charge in [0, 0.05) is 17.6 Å². The van der Waals surface area contributed by atoms with Crippen molar-refractivity contribution in [1.82, 2.24) is 10.0 Å². The maximum absolute atomic E-state index is 12.1. The van der Waals surface area contributed by atoms with Gasteiger partial charge in [-0.05, 0) is 59.1 Å². The van der Waals surface area contributed by atoms with E-state index in [-0.39, 0.29) is 11.8 Å². The van der Waals surface area contributed by atoms with Crippen molar-refractivity contribution in [3.63, 3.8) is 0 Å². The first-order valence-corrected chi connectivity index (χ1v) is 9.33. The van der Waals surface area contributed by atoms with E-state index in [2.05, 4.69) is 10.0 Å². The van der Waals surface area contributed by atoms with Gasteiger partial charge >= 0.3 is 0 Å². The lowest BCUT2D eigenvalue weighted by molar-refractivity contribution is 0.496. The molecule has 6 heteroatoms. The second kappa shape index (κ2) is 6.94. The number of nitrogens with one attached hydrogen (secondary N) is 2. The smallest absolute Gasteiger partial charge is 0.212 e. The van der Waals surface area contributed by atoms with Gasteiger partial charge in [0.05, 0.1) is 5.75 Å². The summed E-state index contributed by atoms with van der Waals surface area (Å²) in [6.45, 7) is 6.49. The molecule has 5 nitrogen and oxygen atoms in total. The molecule has 1 aliphatic rings. The molecule has 0 radical (unpaired) electrons. The van der Waals surface area contributed by atoms with Crippen molar-refractivity contribution in [2.75, 3.05) is 12.3 Å². The van der Waals surface area contributed by atoms with Crippen molar-refractivity contribution in [1.29, 1.82) is 0 Å². The molecule has 2 N–H and O–H groups in total. The van der Waals surface area contributed by atoms with Crippen LogP contribution in [0.4, 0.5) is 0 Å². The van der Waals surface area contributed by atoms with Crippen molar-refractivity contribution >= 4 is 10.0 Å². The van der Waals surface area contributed by atoms with Crippen molar-refractivity contribution in [3.8, 4) is 0 Å².